The number of carboxylic acid groups (broad SMARTS) is 1. The number of piperidine rings is 1. The van der Waals surface area contributed by atoms with Gasteiger partial charge in [-0.15, -0.1) is 0 Å². The summed E-state index contributed by atoms with van der Waals surface area (Å²) in [5.41, 5.74) is -0.118. The standard InChI is InChI=1S/C16H25N3O4/c1-16(2,3)12-7-17-13(23-12)8-18-14(20)10-5-6-11(15(21)22)19(4)9-10/h7,10-11H,5-6,8-9H2,1-4H3,(H,18,20)(H,21,22). The Labute approximate surface area is 136 Å². The van der Waals surface area contributed by atoms with Crippen molar-refractivity contribution in [1.82, 2.24) is 15.2 Å². The number of carbonyl (C=O) groups is 2. The highest BCUT2D eigenvalue weighted by molar-refractivity contribution is 5.80. The average molecular weight is 323 g/mol. The Morgan fingerprint density at radius 1 is 1.43 bits per heavy atom. The number of aromatic nitrogens is 1. The molecule has 1 aliphatic rings. The van der Waals surface area contributed by atoms with E-state index in [1.807, 2.05) is 20.8 Å². The van der Waals surface area contributed by atoms with Crippen LogP contribution in [0.5, 0.6) is 0 Å². The maximum atomic E-state index is 12.2. The third-order valence-corrected chi connectivity index (χ3v) is 4.19. The molecule has 2 atom stereocenters. The van der Waals surface area contributed by atoms with Crippen molar-refractivity contribution in [2.75, 3.05) is 13.6 Å². The second kappa shape index (κ2) is 6.70. The Morgan fingerprint density at radius 2 is 2.13 bits per heavy atom. The molecule has 0 spiro atoms. The number of oxazole rings is 1. The Kier molecular flexibility index (Phi) is 5.09. The molecular weight excluding hydrogens is 298 g/mol. The van der Waals surface area contributed by atoms with Gasteiger partial charge in [0.15, 0.2) is 0 Å². The van der Waals surface area contributed by atoms with E-state index in [-0.39, 0.29) is 23.8 Å². The summed E-state index contributed by atoms with van der Waals surface area (Å²) in [7, 11) is 1.74. The SMILES string of the molecule is CN1CC(C(=O)NCc2ncc(C(C)(C)C)o2)CCC1C(=O)O. The summed E-state index contributed by atoms with van der Waals surface area (Å²) in [5.74, 6) is 0.143. The van der Waals surface area contributed by atoms with Crippen LogP contribution >= 0.6 is 0 Å². The van der Waals surface area contributed by atoms with Crippen molar-refractivity contribution in [2.45, 2.75) is 51.6 Å². The Balaban J connectivity index is 1.86. The van der Waals surface area contributed by atoms with Crippen molar-refractivity contribution in [3.05, 3.63) is 17.8 Å². The van der Waals surface area contributed by atoms with Crippen LogP contribution in [0, 0.1) is 5.92 Å². The van der Waals surface area contributed by atoms with Gasteiger partial charge in [-0.2, -0.15) is 0 Å². The molecule has 1 saturated heterocycles. The summed E-state index contributed by atoms with van der Waals surface area (Å²) >= 11 is 0. The number of likely N-dealkylation sites (tertiary alicyclic amines) is 1. The first-order valence-corrected chi connectivity index (χ1v) is 7.84. The van der Waals surface area contributed by atoms with Gasteiger partial charge in [-0.05, 0) is 19.9 Å². The van der Waals surface area contributed by atoms with Gasteiger partial charge < -0.3 is 14.8 Å². The average Bonchev–Trinajstić information content (AvgIpc) is 2.93. The lowest BCUT2D eigenvalue weighted by Crippen LogP contribution is -2.49. The van der Waals surface area contributed by atoms with Crippen LogP contribution in [0.1, 0.15) is 45.3 Å². The highest BCUT2D eigenvalue weighted by atomic mass is 16.4. The second-order valence-electron chi connectivity index (χ2n) is 7.15. The number of amides is 1. The van der Waals surface area contributed by atoms with Gasteiger partial charge >= 0.3 is 5.97 Å². The number of hydrogen-bond acceptors (Lipinski definition) is 5. The molecule has 0 saturated carbocycles. The van der Waals surface area contributed by atoms with Crippen LogP contribution < -0.4 is 5.32 Å². The minimum Gasteiger partial charge on any atom is -0.480 e. The van der Waals surface area contributed by atoms with Crippen molar-refractivity contribution in [1.29, 1.82) is 0 Å². The van der Waals surface area contributed by atoms with Crippen LogP contribution in [0.2, 0.25) is 0 Å². The van der Waals surface area contributed by atoms with E-state index in [2.05, 4.69) is 10.3 Å². The van der Waals surface area contributed by atoms with Crippen molar-refractivity contribution < 1.29 is 19.1 Å². The zero-order valence-corrected chi connectivity index (χ0v) is 14.1. The van der Waals surface area contributed by atoms with E-state index in [1.165, 1.54) is 0 Å². The molecule has 128 valence electrons. The molecule has 2 heterocycles. The van der Waals surface area contributed by atoms with Crippen molar-refractivity contribution in [3.8, 4) is 0 Å². The summed E-state index contributed by atoms with van der Waals surface area (Å²) in [5, 5.41) is 11.9. The number of likely N-dealkylation sites (N-methyl/N-ethyl adjacent to an activating group) is 1. The van der Waals surface area contributed by atoms with Gasteiger partial charge in [0.2, 0.25) is 11.8 Å². The molecule has 0 aliphatic carbocycles. The van der Waals surface area contributed by atoms with Crippen LogP contribution in [0.15, 0.2) is 10.6 Å². The second-order valence-corrected chi connectivity index (χ2v) is 7.15. The van der Waals surface area contributed by atoms with E-state index in [9.17, 15) is 9.59 Å². The third-order valence-electron chi connectivity index (χ3n) is 4.19. The molecule has 1 aromatic heterocycles. The number of carbonyl (C=O) groups excluding carboxylic acids is 1. The lowest BCUT2D eigenvalue weighted by Gasteiger charge is -2.33. The summed E-state index contributed by atoms with van der Waals surface area (Å²) in [4.78, 5) is 29.2. The highest BCUT2D eigenvalue weighted by Gasteiger charge is 2.33. The number of hydrogen-bond donors (Lipinski definition) is 2. The van der Waals surface area contributed by atoms with E-state index in [0.29, 0.717) is 25.3 Å². The predicted molar refractivity (Wildman–Crippen MR) is 83.8 cm³/mol. The molecule has 7 heteroatoms. The van der Waals surface area contributed by atoms with Crippen LogP contribution in [-0.2, 0) is 21.5 Å². The molecule has 0 bridgehead atoms. The van der Waals surface area contributed by atoms with Gasteiger partial charge in [0.1, 0.15) is 11.8 Å². The summed E-state index contributed by atoms with van der Waals surface area (Å²) in [6.07, 6.45) is 2.75. The predicted octanol–water partition coefficient (Wildman–Crippen LogP) is 1.38. The van der Waals surface area contributed by atoms with Crippen LogP contribution in [0.4, 0.5) is 0 Å². The van der Waals surface area contributed by atoms with Crippen LogP contribution in [0.25, 0.3) is 0 Å². The van der Waals surface area contributed by atoms with Gasteiger partial charge in [0.25, 0.3) is 0 Å². The van der Waals surface area contributed by atoms with Crippen LogP contribution in [-0.4, -0.2) is 46.5 Å². The number of nitrogens with zero attached hydrogens (tertiary/aromatic N) is 2. The first-order valence-electron chi connectivity index (χ1n) is 7.84. The zero-order chi connectivity index (χ0) is 17.2. The zero-order valence-electron chi connectivity index (χ0n) is 14.1. The lowest BCUT2D eigenvalue weighted by molar-refractivity contribution is -0.146. The van der Waals surface area contributed by atoms with Gasteiger partial charge in [0, 0.05) is 12.0 Å². The molecule has 1 amide bonds. The van der Waals surface area contributed by atoms with E-state index in [0.717, 1.165) is 5.76 Å². The molecule has 0 aromatic carbocycles. The van der Waals surface area contributed by atoms with Crippen molar-refractivity contribution in [2.24, 2.45) is 5.92 Å². The third kappa shape index (κ3) is 4.31. The van der Waals surface area contributed by atoms with Crippen LogP contribution in [0.3, 0.4) is 0 Å². The molecule has 23 heavy (non-hydrogen) atoms. The highest BCUT2D eigenvalue weighted by Crippen LogP contribution is 2.23. The topological polar surface area (TPSA) is 95.7 Å². The monoisotopic (exact) mass is 323 g/mol. The van der Waals surface area contributed by atoms with E-state index in [4.69, 9.17) is 9.52 Å². The fourth-order valence-electron chi connectivity index (χ4n) is 2.72. The number of carboxylic acids is 1. The fraction of sp³-hybridized carbons (Fsp3) is 0.688. The minimum atomic E-state index is -0.833. The maximum Gasteiger partial charge on any atom is 0.320 e. The normalized spacial score (nSPS) is 22.8. The Bertz CT molecular complexity index is 576. The summed E-state index contributed by atoms with van der Waals surface area (Å²) < 4.78 is 5.64. The molecule has 1 aliphatic heterocycles. The Morgan fingerprint density at radius 3 is 2.65 bits per heavy atom. The molecule has 2 unspecified atom stereocenters. The van der Waals surface area contributed by atoms with Gasteiger partial charge in [-0.1, -0.05) is 20.8 Å². The van der Waals surface area contributed by atoms with E-state index in [1.54, 1.807) is 18.1 Å². The summed E-state index contributed by atoms with van der Waals surface area (Å²) in [6.45, 7) is 6.80. The number of rotatable bonds is 4. The molecule has 2 rings (SSSR count). The molecule has 2 N–H and O–H groups in total. The lowest BCUT2D eigenvalue weighted by atomic mass is 9.92. The molecule has 0 radical (unpaired) electrons. The Hall–Kier alpha value is -1.89. The minimum absolute atomic E-state index is 0.0869. The molecule has 1 fully saturated rings. The first kappa shape index (κ1) is 17.5. The van der Waals surface area contributed by atoms with Gasteiger partial charge in [-0.3, -0.25) is 14.5 Å². The number of aliphatic carboxylic acids is 1. The quantitative estimate of drug-likeness (QED) is 0.869. The first-order chi connectivity index (χ1) is 10.7. The van der Waals surface area contributed by atoms with Gasteiger partial charge in [0.05, 0.1) is 18.7 Å². The van der Waals surface area contributed by atoms with Crippen molar-refractivity contribution >= 4 is 11.9 Å². The molecule has 1 aromatic rings. The molecule has 7 nitrogen and oxygen atoms in total. The summed E-state index contributed by atoms with van der Waals surface area (Å²) in [6, 6.07) is -0.500. The molecular formula is C16H25N3O4. The number of nitrogens with one attached hydrogen (secondary N) is 1. The largest absolute Gasteiger partial charge is 0.480 e. The van der Waals surface area contributed by atoms with Gasteiger partial charge in [-0.25, -0.2) is 4.98 Å². The van der Waals surface area contributed by atoms with E-state index >= 15 is 0 Å². The smallest absolute Gasteiger partial charge is 0.320 e. The fourth-order valence-corrected chi connectivity index (χ4v) is 2.72. The van der Waals surface area contributed by atoms with E-state index < -0.39 is 12.0 Å². The maximum absolute atomic E-state index is 12.2. The van der Waals surface area contributed by atoms with Crippen molar-refractivity contribution in [3.63, 3.8) is 0 Å².